The van der Waals surface area contributed by atoms with Crippen molar-refractivity contribution < 1.29 is 4.52 Å². The molecular weight excluding hydrogens is 260 g/mol. The SMILES string of the molecule is Nc1nc(NCc2noc(C3CC3)n2)c2[nH]cnc2n1. The number of H-pyrrole nitrogens is 1. The van der Waals surface area contributed by atoms with Crippen molar-refractivity contribution in [2.24, 2.45) is 0 Å². The van der Waals surface area contributed by atoms with Gasteiger partial charge in [0.15, 0.2) is 17.3 Å². The largest absolute Gasteiger partial charge is 0.368 e. The van der Waals surface area contributed by atoms with Gasteiger partial charge in [-0.1, -0.05) is 5.16 Å². The first kappa shape index (κ1) is 11.1. The molecule has 102 valence electrons. The molecule has 1 fully saturated rings. The highest BCUT2D eigenvalue weighted by atomic mass is 16.5. The summed E-state index contributed by atoms with van der Waals surface area (Å²) in [6, 6.07) is 0. The van der Waals surface area contributed by atoms with Crippen molar-refractivity contribution in [3.8, 4) is 0 Å². The second-order valence-corrected chi connectivity index (χ2v) is 4.71. The molecule has 3 heterocycles. The van der Waals surface area contributed by atoms with Crippen molar-refractivity contribution >= 4 is 22.9 Å². The number of anilines is 2. The summed E-state index contributed by atoms with van der Waals surface area (Å²) in [6.07, 6.45) is 3.81. The van der Waals surface area contributed by atoms with Crippen LogP contribution >= 0.6 is 0 Å². The summed E-state index contributed by atoms with van der Waals surface area (Å²) >= 11 is 0. The van der Waals surface area contributed by atoms with Gasteiger partial charge in [-0.05, 0) is 12.8 Å². The Morgan fingerprint density at radius 1 is 1.35 bits per heavy atom. The molecule has 0 amide bonds. The Balaban J connectivity index is 1.55. The Morgan fingerprint density at radius 2 is 2.25 bits per heavy atom. The number of aromatic nitrogens is 6. The smallest absolute Gasteiger partial charge is 0.229 e. The molecule has 4 rings (SSSR count). The first-order valence-electron chi connectivity index (χ1n) is 6.32. The lowest BCUT2D eigenvalue weighted by Crippen LogP contribution is -2.06. The predicted octanol–water partition coefficient (Wildman–Crippen LogP) is 0.808. The maximum atomic E-state index is 5.64. The lowest BCUT2D eigenvalue weighted by molar-refractivity contribution is 0.374. The lowest BCUT2D eigenvalue weighted by Gasteiger charge is -2.03. The summed E-state index contributed by atoms with van der Waals surface area (Å²) in [5, 5.41) is 7.05. The van der Waals surface area contributed by atoms with Crippen LogP contribution in [0.5, 0.6) is 0 Å². The van der Waals surface area contributed by atoms with Crippen LogP contribution < -0.4 is 11.1 Å². The summed E-state index contributed by atoms with van der Waals surface area (Å²) in [7, 11) is 0. The zero-order chi connectivity index (χ0) is 13.5. The average molecular weight is 272 g/mol. The van der Waals surface area contributed by atoms with Gasteiger partial charge in [0, 0.05) is 5.92 Å². The fraction of sp³-hybridized carbons (Fsp3) is 0.364. The molecule has 0 radical (unpaired) electrons. The highest BCUT2D eigenvalue weighted by Crippen LogP contribution is 2.38. The first-order valence-corrected chi connectivity index (χ1v) is 6.32. The summed E-state index contributed by atoms with van der Waals surface area (Å²) < 4.78 is 5.19. The molecule has 4 N–H and O–H groups in total. The number of nitrogens with two attached hydrogens (primary N) is 1. The van der Waals surface area contributed by atoms with Gasteiger partial charge in [-0.25, -0.2) is 4.98 Å². The van der Waals surface area contributed by atoms with Gasteiger partial charge in [0.2, 0.25) is 11.8 Å². The number of rotatable bonds is 4. The van der Waals surface area contributed by atoms with Crippen molar-refractivity contribution in [1.29, 1.82) is 0 Å². The zero-order valence-electron chi connectivity index (χ0n) is 10.5. The van der Waals surface area contributed by atoms with Crippen LogP contribution in [-0.2, 0) is 6.54 Å². The molecule has 1 aliphatic rings. The summed E-state index contributed by atoms with van der Waals surface area (Å²) in [6.45, 7) is 0.404. The third-order valence-electron chi connectivity index (χ3n) is 3.13. The van der Waals surface area contributed by atoms with Gasteiger partial charge >= 0.3 is 0 Å². The van der Waals surface area contributed by atoms with Crippen molar-refractivity contribution in [2.45, 2.75) is 25.3 Å². The van der Waals surface area contributed by atoms with E-state index in [1.807, 2.05) is 0 Å². The van der Waals surface area contributed by atoms with Gasteiger partial charge in [-0.15, -0.1) is 0 Å². The Bertz CT molecular complexity index is 759. The highest BCUT2D eigenvalue weighted by molar-refractivity contribution is 5.83. The normalized spacial score (nSPS) is 14.8. The summed E-state index contributed by atoms with van der Waals surface area (Å²) in [5.41, 5.74) is 6.86. The lowest BCUT2D eigenvalue weighted by atomic mass is 10.4. The molecule has 0 saturated heterocycles. The van der Waals surface area contributed by atoms with E-state index in [1.165, 1.54) is 0 Å². The fourth-order valence-electron chi connectivity index (χ4n) is 1.98. The molecular formula is C11H12N8O. The molecule has 0 unspecified atom stereocenters. The van der Waals surface area contributed by atoms with E-state index in [-0.39, 0.29) is 5.95 Å². The molecule has 3 aromatic rings. The minimum absolute atomic E-state index is 0.166. The topological polar surface area (TPSA) is 131 Å². The molecule has 9 nitrogen and oxygen atoms in total. The maximum absolute atomic E-state index is 5.64. The monoisotopic (exact) mass is 272 g/mol. The van der Waals surface area contributed by atoms with Crippen molar-refractivity contribution in [1.82, 2.24) is 30.1 Å². The van der Waals surface area contributed by atoms with E-state index in [4.69, 9.17) is 10.3 Å². The number of hydrogen-bond donors (Lipinski definition) is 3. The van der Waals surface area contributed by atoms with Crippen LogP contribution in [-0.4, -0.2) is 30.1 Å². The number of nitrogen functional groups attached to an aromatic ring is 1. The molecule has 3 aromatic heterocycles. The Labute approximate surface area is 113 Å². The van der Waals surface area contributed by atoms with E-state index in [0.29, 0.717) is 35.3 Å². The van der Waals surface area contributed by atoms with Crippen molar-refractivity contribution in [2.75, 3.05) is 11.1 Å². The van der Waals surface area contributed by atoms with Crippen LogP contribution in [0.4, 0.5) is 11.8 Å². The van der Waals surface area contributed by atoms with E-state index < -0.39 is 0 Å². The number of imidazole rings is 1. The molecule has 20 heavy (non-hydrogen) atoms. The van der Waals surface area contributed by atoms with Crippen LogP contribution in [0.25, 0.3) is 11.2 Å². The number of fused-ring (bicyclic) bond motifs is 1. The minimum Gasteiger partial charge on any atom is -0.368 e. The molecule has 1 aliphatic carbocycles. The second kappa shape index (κ2) is 4.15. The van der Waals surface area contributed by atoms with E-state index in [9.17, 15) is 0 Å². The van der Waals surface area contributed by atoms with Crippen LogP contribution in [0, 0.1) is 0 Å². The third kappa shape index (κ3) is 1.92. The molecule has 0 bridgehead atoms. The number of nitrogens with zero attached hydrogens (tertiary/aromatic N) is 5. The van der Waals surface area contributed by atoms with Crippen molar-refractivity contribution in [3.05, 3.63) is 18.0 Å². The van der Waals surface area contributed by atoms with Gasteiger partial charge < -0.3 is 20.6 Å². The Hall–Kier alpha value is -2.71. The van der Waals surface area contributed by atoms with Gasteiger partial charge in [0.05, 0.1) is 12.9 Å². The molecule has 1 saturated carbocycles. The van der Waals surface area contributed by atoms with E-state index in [1.54, 1.807) is 6.33 Å². The summed E-state index contributed by atoms with van der Waals surface area (Å²) in [4.78, 5) is 19.5. The van der Waals surface area contributed by atoms with Crippen LogP contribution in [0.15, 0.2) is 10.9 Å². The zero-order valence-corrected chi connectivity index (χ0v) is 10.5. The second-order valence-electron chi connectivity index (χ2n) is 4.71. The van der Waals surface area contributed by atoms with E-state index in [2.05, 4.69) is 35.4 Å². The van der Waals surface area contributed by atoms with Gasteiger partial charge in [-0.2, -0.15) is 15.0 Å². The van der Waals surface area contributed by atoms with Crippen LogP contribution in [0.3, 0.4) is 0 Å². The first-order chi connectivity index (χ1) is 9.79. The van der Waals surface area contributed by atoms with Gasteiger partial charge in [0.25, 0.3) is 0 Å². The fourth-order valence-corrected chi connectivity index (χ4v) is 1.98. The van der Waals surface area contributed by atoms with Crippen molar-refractivity contribution in [3.63, 3.8) is 0 Å². The van der Waals surface area contributed by atoms with E-state index in [0.717, 1.165) is 18.7 Å². The molecule has 9 heteroatoms. The number of hydrogen-bond acceptors (Lipinski definition) is 8. The Kier molecular flexibility index (Phi) is 2.31. The molecule has 0 aliphatic heterocycles. The number of aromatic amines is 1. The van der Waals surface area contributed by atoms with Gasteiger partial charge in [-0.3, -0.25) is 0 Å². The Morgan fingerprint density at radius 3 is 3.10 bits per heavy atom. The average Bonchev–Trinajstić information content (AvgIpc) is 2.99. The van der Waals surface area contributed by atoms with Gasteiger partial charge in [0.1, 0.15) is 5.52 Å². The molecule has 0 aromatic carbocycles. The van der Waals surface area contributed by atoms with Crippen LogP contribution in [0.2, 0.25) is 0 Å². The van der Waals surface area contributed by atoms with E-state index >= 15 is 0 Å². The maximum Gasteiger partial charge on any atom is 0.229 e. The molecule has 0 atom stereocenters. The predicted molar refractivity (Wildman–Crippen MR) is 69.7 cm³/mol. The summed E-state index contributed by atoms with van der Waals surface area (Å²) in [5.74, 6) is 2.50. The minimum atomic E-state index is 0.166. The standard InChI is InChI=1S/C11H12N8O/c12-11-17-8(7-9(18-11)15-4-14-7)13-3-6-16-10(20-19-6)5-1-2-5/h4-5H,1-3H2,(H4,12,13,14,15,17,18). The third-order valence-corrected chi connectivity index (χ3v) is 3.13. The quantitative estimate of drug-likeness (QED) is 0.635. The van der Waals surface area contributed by atoms with Crippen LogP contribution in [0.1, 0.15) is 30.5 Å². The highest BCUT2D eigenvalue weighted by Gasteiger charge is 2.29. The number of nitrogens with one attached hydrogen (secondary N) is 2. The molecule has 0 spiro atoms.